The Labute approximate surface area is 144 Å². The van der Waals surface area contributed by atoms with Crippen LogP contribution in [0.3, 0.4) is 0 Å². The number of hydrogen-bond donors (Lipinski definition) is 1. The fourth-order valence-corrected chi connectivity index (χ4v) is 2.64. The zero-order valence-electron chi connectivity index (χ0n) is 14.1. The fourth-order valence-electron chi connectivity index (χ4n) is 1.86. The zero-order valence-corrected chi connectivity index (χ0v) is 14.9. The van der Waals surface area contributed by atoms with Crippen LogP contribution < -0.4 is 5.32 Å². The SMILES string of the molecule is CCOC(=O)c1csc(-c2cccc(NC(=O)OC(C)(C)C)c2)n1. The monoisotopic (exact) mass is 348 g/mol. The van der Waals surface area contributed by atoms with Gasteiger partial charge in [0.2, 0.25) is 0 Å². The van der Waals surface area contributed by atoms with E-state index in [4.69, 9.17) is 9.47 Å². The summed E-state index contributed by atoms with van der Waals surface area (Å²) in [5.74, 6) is -0.442. The van der Waals surface area contributed by atoms with Crippen LogP contribution in [-0.4, -0.2) is 29.3 Å². The maximum atomic E-state index is 11.8. The second-order valence-electron chi connectivity index (χ2n) is 5.97. The average Bonchev–Trinajstić information content (AvgIpc) is 2.95. The van der Waals surface area contributed by atoms with Gasteiger partial charge in [0.1, 0.15) is 10.6 Å². The molecule has 1 N–H and O–H groups in total. The van der Waals surface area contributed by atoms with E-state index in [1.807, 2.05) is 6.07 Å². The number of thiazole rings is 1. The number of hydrogen-bond acceptors (Lipinski definition) is 6. The Kier molecular flexibility index (Phi) is 5.56. The van der Waals surface area contributed by atoms with E-state index in [0.717, 1.165) is 5.56 Å². The standard InChI is InChI=1S/C17H20N2O4S/c1-5-22-15(20)13-10-24-14(19-13)11-7-6-8-12(9-11)18-16(21)23-17(2,3)4/h6-10H,5H2,1-4H3,(H,18,21). The molecule has 0 bridgehead atoms. The van der Waals surface area contributed by atoms with Gasteiger partial charge >= 0.3 is 12.1 Å². The molecule has 0 aliphatic carbocycles. The van der Waals surface area contributed by atoms with Gasteiger partial charge in [-0.25, -0.2) is 14.6 Å². The molecule has 0 radical (unpaired) electrons. The van der Waals surface area contributed by atoms with Crippen molar-refractivity contribution < 1.29 is 19.1 Å². The van der Waals surface area contributed by atoms with E-state index >= 15 is 0 Å². The van der Waals surface area contributed by atoms with Gasteiger partial charge in [-0.05, 0) is 39.8 Å². The third kappa shape index (κ3) is 5.06. The van der Waals surface area contributed by atoms with E-state index in [1.54, 1.807) is 51.3 Å². The van der Waals surface area contributed by atoms with Crippen molar-refractivity contribution in [2.45, 2.75) is 33.3 Å². The highest BCUT2D eigenvalue weighted by Gasteiger charge is 2.17. The molecule has 24 heavy (non-hydrogen) atoms. The number of rotatable bonds is 4. The van der Waals surface area contributed by atoms with Gasteiger partial charge in [0.15, 0.2) is 5.69 Å². The Bertz CT molecular complexity index is 734. The molecule has 1 heterocycles. The van der Waals surface area contributed by atoms with Gasteiger partial charge in [-0.1, -0.05) is 12.1 Å². The van der Waals surface area contributed by atoms with E-state index < -0.39 is 17.7 Å². The molecule has 128 valence electrons. The van der Waals surface area contributed by atoms with E-state index in [0.29, 0.717) is 17.3 Å². The van der Waals surface area contributed by atoms with Crippen LogP contribution in [0.15, 0.2) is 29.6 Å². The molecule has 6 nitrogen and oxygen atoms in total. The lowest BCUT2D eigenvalue weighted by molar-refractivity contribution is 0.0519. The van der Waals surface area contributed by atoms with E-state index in [9.17, 15) is 9.59 Å². The van der Waals surface area contributed by atoms with Crippen LogP contribution in [0.4, 0.5) is 10.5 Å². The molecule has 0 spiro atoms. The lowest BCUT2D eigenvalue weighted by atomic mass is 10.2. The molecular formula is C17H20N2O4S. The molecule has 1 amide bonds. The largest absolute Gasteiger partial charge is 0.461 e. The van der Waals surface area contributed by atoms with Crippen LogP contribution in [-0.2, 0) is 9.47 Å². The predicted octanol–water partition coefficient (Wildman–Crippen LogP) is 4.33. The maximum absolute atomic E-state index is 11.8. The molecule has 7 heteroatoms. The summed E-state index contributed by atoms with van der Waals surface area (Å²) in [5.41, 5.74) is 1.10. The molecule has 0 unspecified atom stereocenters. The molecule has 2 aromatic rings. The van der Waals surface area contributed by atoms with Crippen molar-refractivity contribution in [3.8, 4) is 10.6 Å². The van der Waals surface area contributed by atoms with Gasteiger partial charge in [0.05, 0.1) is 6.61 Å². The first-order valence-corrected chi connectivity index (χ1v) is 8.39. The highest BCUT2D eigenvalue weighted by molar-refractivity contribution is 7.13. The summed E-state index contributed by atoms with van der Waals surface area (Å²) in [7, 11) is 0. The molecule has 0 atom stereocenters. The Balaban J connectivity index is 2.13. The van der Waals surface area contributed by atoms with Crippen molar-refractivity contribution in [1.82, 2.24) is 4.98 Å². The zero-order chi connectivity index (χ0) is 17.7. The van der Waals surface area contributed by atoms with Gasteiger partial charge in [0.25, 0.3) is 0 Å². The van der Waals surface area contributed by atoms with Gasteiger partial charge in [0, 0.05) is 16.6 Å². The molecule has 1 aromatic carbocycles. The average molecular weight is 348 g/mol. The number of ether oxygens (including phenoxy) is 2. The number of benzene rings is 1. The second kappa shape index (κ2) is 7.44. The lowest BCUT2D eigenvalue weighted by Crippen LogP contribution is -2.27. The van der Waals surface area contributed by atoms with Gasteiger partial charge < -0.3 is 9.47 Å². The number of anilines is 1. The first kappa shape index (κ1) is 17.9. The summed E-state index contributed by atoms with van der Waals surface area (Å²) in [5, 5.41) is 5.01. The smallest absolute Gasteiger partial charge is 0.412 e. The minimum Gasteiger partial charge on any atom is -0.461 e. The first-order valence-electron chi connectivity index (χ1n) is 7.51. The minimum absolute atomic E-state index is 0.280. The van der Waals surface area contributed by atoms with Crippen LogP contribution in [0, 0.1) is 0 Å². The Hall–Kier alpha value is -2.41. The van der Waals surface area contributed by atoms with Gasteiger partial charge in [-0.2, -0.15) is 0 Å². The molecular weight excluding hydrogens is 328 g/mol. The van der Waals surface area contributed by atoms with Crippen molar-refractivity contribution >= 4 is 29.1 Å². The normalized spacial score (nSPS) is 11.0. The van der Waals surface area contributed by atoms with Crippen LogP contribution in [0.2, 0.25) is 0 Å². The Morgan fingerprint density at radius 1 is 1.29 bits per heavy atom. The van der Waals surface area contributed by atoms with Crippen LogP contribution >= 0.6 is 11.3 Å². The van der Waals surface area contributed by atoms with E-state index in [2.05, 4.69) is 10.3 Å². The number of carbonyl (C=O) groups excluding carboxylic acids is 2. The third-order valence-corrected chi connectivity index (χ3v) is 3.63. The molecule has 0 fully saturated rings. The van der Waals surface area contributed by atoms with Crippen LogP contribution in [0.25, 0.3) is 10.6 Å². The summed E-state index contributed by atoms with van der Waals surface area (Å²) in [4.78, 5) is 27.8. The molecule has 0 aliphatic heterocycles. The number of esters is 1. The summed E-state index contributed by atoms with van der Waals surface area (Å²) in [6, 6.07) is 7.19. The summed E-state index contributed by atoms with van der Waals surface area (Å²) < 4.78 is 10.2. The number of amides is 1. The van der Waals surface area contributed by atoms with Crippen molar-refractivity contribution in [2.24, 2.45) is 0 Å². The topological polar surface area (TPSA) is 77.5 Å². The fraction of sp³-hybridized carbons (Fsp3) is 0.353. The summed E-state index contributed by atoms with van der Waals surface area (Å²) in [6.45, 7) is 7.46. The second-order valence-corrected chi connectivity index (χ2v) is 6.82. The molecule has 2 rings (SSSR count). The number of carbonyl (C=O) groups is 2. The number of aromatic nitrogens is 1. The third-order valence-electron chi connectivity index (χ3n) is 2.74. The lowest BCUT2D eigenvalue weighted by Gasteiger charge is -2.19. The summed E-state index contributed by atoms with van der Waals surface area (Å²) >= 11 is 1.34. The van der Waals surface area contributed by atoms with Gasteiger partial charge in [-0.3, -0.25) is 5.32 Å². The van der Waals surface area contributed by atoms with Crippen molar-refractivity contribution in [2.75, 3.05) is 11.9 Å². The predicted molar refractivity (Wildman–Crippen MR) is 93.4 cm³/mol. The quantitative estimate of drug-likeness (QED) is 0.832. The molecule has 0 saturated heterocycles. The van der Waals surface area contributed by atoms with Crippen LogP contribution in [0.5, 0.6) is 0 Å². The number of nitrogens with zero attached hydrogens (tertiary/aromatic N) is 1. The molecule has 0 aliphatic rings. The minimum atomic E-state index is -0.564. The van der Waals surface area contributed by atoms with E-state index in [1.165, 1.54) is 11.3 Å². The van der Waals surface area contributed by atoms with Crippen LogP contribution in [0.1, 0.15) is 38.2 Å². The van der Waals surface area contributed by atoms with Crippen molar-refractivity contribution in [3.63, 3.8) is 0 Å². The van der Waals surface area contributed by atoms with Gasteiger partial charge in [-0.15, -0.1) is 11.3 Å². The molecule has 1 aromatic heterocycles. The molecule has 0 saturated carbocycles. The first-order chi connectivity index (χ1) is 11.3. The van der Waals surface area contributed by atoms with Crippen molar-refractivity contribution in [1.29, 1.82) is 0 Å². The highest BCUT2D eigenvalue weighted by Crippen LogP contribution is 2.26. The summed E-state index contributed by atoms with van der Waals surface area (Å²) in [6.07, 6.45) is -0.522. The Morgan fingerprint density at radius 2 is 2.04 bits per heavy atom. The van der Waals surface area contributed by atoms with Crippen molar-refractivity contribution in [3.05, 3.63) is 35.3 Å². The van der Waals surface area contributed by atoms with E-state index in [-0.39, 0.29) is 5.69 Å². The Morgan fingerprint density at radius 3 is 2.71 bits per heavy atom. The highest BCUT2D eigenvalue weighted by atomic mass is 32.1. The number of nitrogens with one attached hydrogen (secondary N) is 1. The maximum Gasteiger partial charge on any atom is 0.412 e.